The molecule has 2 heterocycles. The van der Waals surface area contributed by atoms with Gasteiger partial charge in [-0.25, -0.2) is 9.78 Å². The van der Waals surface area contributed by atoms with Crippen LogP contribution in [0.5, 0.6) is 0 Å². The first-order chi connectivity index (χ1) is 12.1. The number of hydrogen-bond acceptors (Lipinski definition) is 5. The van der Waals surface area contributed by atoms with E-state index in [-0.39, 0.29) is 11.6 Å². The second-order valence-electron chi connectivity index (χ2n) is 6.12. The molecular formula is C19H21N3O3. The van der Waals surface area contributed by atoms with Crippen LogP contribution < -0.4 is 0 Å². The maximum atomic E-state index is 12.9. The standard InChI is InChI=1S/C19H21N3O3/c1-14-12-21-16(13-20-14)19(24)25-17(15-8-4-2-5-9-15)18(23)22-10-6-3-7-11-22/h2,4-5,8-9,12-13,17H,3,6-7,10-11H2,1H3/t17-/m1/s1. The summed E-state index contributed by atoms with van der Waals surface area (Å²) in [6.45, 7) is 3.18. The lowest BCUT2D eigenvalue weighted by molar-refractivity contribution is -0.142. The Balaban J connectivity index is 1.82. The minimum atomic E-state index is -0.963. The number of carbonyl (C=O) groups excluding carboxylic acids is 2. The fourth-order valence-corrected chi connectivity index (χ4v) is 2.83. The molecule has 0 saturated carbocycles. The lowest BCUT2D eigenvalue weighted by Gasteiger charge is -2.30. The summed E-state index contributed by atoms with van der Waals surface area (Å²) in [5, 5.41) is 0. The molecule has 3 rings (SSSR count). The zero-order chi connectivity index (χ0) is 17.6. The van der Waals surface area contributed by atoms with Crippen LogP contribution in [-0.4, -0.2) is 39.8 Å². The summed E-state index contributed by atoms with van der Waals surface area (Å²) in [4.78, 5) is 35.2. The third-order valence-corrected chi connectivity index (χ3v) is 4.21. The zero-order valence-electron chi connectivity index (χ0n) is 14.2. The molecule has 6 nitrogen and oxygen atoms in total. The van der Waals surface area contributed by atoms with Crippen molar-refractivity contribution in [2.45, 2.75) is 32.3 Å². The topological polar surface area (TPSA) is 72.4 Å². The first-order valence-corrected chi connectivity index (χ1v) is 8.48. The number of esters is 1. The summed E-state index contributed by atoms with van der Waals surface area (Å²) < 4.78 is 5.54. The van der Waals surface area contributed by atoms with Crippen molar-refractivity contribution >= 4 is 11.9 Å². The molecule has 0 N–H and O–H groups in total. The van der Waals surface area contributed by atoms with Crippen molar-refractivity contribution in [2.75, 3.05) is 13.1 Å². The molecule has 0 unspecified atom stereocenters. The number of aryl methyl sites for hydroxylation is 1. The Labute approximate surface area is 146 Å². The van der Waals surface area contributed by atoms with Gasteiger partial charge in [0.05, 0.1) is 11.9 Å². The van der Waals surface area contributed by atoms with E-state index in [9.17, 15) is 9.59 Å². The number of benzene rings is 1. The molecule has 25 heavy (non-hydrogen) atoms. The Morgan fingerprint density at radius 3 is 2.40 bits per heavy atom. The van der Waals surface area contributed by atoms with E-state index >= 15 is 0 Å². The molecule has 0 spiro atoms. The summed E-state index contributed by atoms with van der Waals surface area (Å²) in [7, 11) is 0. The van der Waals surface area contributed by atoms with Crippen molar-refractivity contribution in [2.24, 2.45) is 0 Å². The molecule has 1 saturated heterocycles. The second-order valence-corrected chi connectivity index (χ2v) is 6.12. The number of carbonyl (C=O) groups is 2. The molecule has 0 aliphatic carbocycles. The first-order valence-electron chi connectivity index (χ1n) is 8.48. The van der Waals surface area contributed by atoms with Crippen LogP contribution in [0.15, 0.2) is 42.7 Å². The highest BCUT2D eigenvalue weighted by Crippen LogP contribution is 2.23. The van der Waals surface area contributed by atoms with Crippen LogP contribution in [0.2, 0.25) is 0 Å². The van der Waals surface area contributed by atoms with Crippen LogP contribution in [-0.2, 0) is 9.53 Å². The summed E-state index contributed by atoms with van der Waals surface area (Å²) in [5.74, 6) is -0.828. The van der Waals surface area contributed by atoms with Gasteiger partial charge in [0.15, 0.2) is 5.69 Å². The summed E-state index contributed by atoms with van der Waals surface area (Å²) in [6, 6.07) is 9.09. The molecule has 0 radical (unpaired) electrons. The number of piperidine rings is 1. The molecule has 1 atom stereocenters. The Morgan fingerprint density at radius 2 is 1.76 bits per heavy atom. The molecule has 1 aromatic heterocycles. The van der Waals surface area contributed by atoms with Gasteiger partial charge in [-0.1, -0.05) is 30.3 Å². The number of hydrogen-bond donors (Lipinski definition) is 0. The molecule has 1 fully saturated rings. The lowest BCUT2D eigenvalue weighted by Crippen LogP contribution is -2.40. The van der Waals surface area contributed by atoms with Gasteiger partial charge in [-0.15, -0.1) is 0 Å². The largest absolute Gasteiger partial charge is 0.443 e. The quantitative estimate of drug-likeness (QED) is 0.801. The highest BCUT2D eigenvalue weighted by molar-refractivity contribution is 5.91. The van der Waals surface area contributed by atoms with Crippen LogP contribution in [0.4, 0.5) is 0 Å². The predicted molar refractivity (Wildman–Crippen MR) is 91.8 cm³/mol. The highest BCUT2D eigenvalue weighted by atomic mass is 16.5. The molecular weight excluding hydrogens is 318 g/mol. The van der Waals surface area contributed by atoms with Crippen LogP contribution in [0, 0.1) is 6.92 Å². The van der Waals surface area contributed by atoms with Gasteiger partial charge in [0.1, 0.15) is 0 Å². The van der Waals surface area contributed by atoms with Crippen molar-refractivity contribution in [1.29, 1.82) is 0 Å². The molecule has 1 aliphatic rings. The van der Waals surface area contributed by atoms with E-state index in [1.54, 1.807) is 24.0 Å². The molecule has 0 bridgehead atoms. The molecule has 1 amide bonds. The van der Waals surface area contributed by atoms with Crippen molar-refractivity contribution in [3.05, 3.63) is 59.7 Å². The van der Waals surface area contributed by atoms with Crippen LogP contribution in [0.1, 0.15) is 47.1 Å². The van der Waals surface area contributed by atoms with Crippen LogP contribution in [0.25, 0.3) is 0 Å². The molecule has 1 aromatic carbocycles. The highest BCUT2D eigenvalue weighted by Gasteiger charge is 2.30. The van der Waals surface area contributed by atoms with E-state index in [1.807, 2.05) is 18.2 Å². The van der Waals surface area contributed by atoms with E-state index < -0.39 is 12.1 Å². The van der Waals surface area contributed by atoms with Crippen molar-refractivity contribution in [3.8, 4) is 0 Å². The zero-order valence-corrected chi connectivity index (χ0v) is 14.2. The smallest absolute Gasteiger partial charge is 0.359 e. The minimum absolute atomic E-state index is 0.0953. The summed E-state index contributed by atoms with van der Waals surface area (Å²) in [6.07, 6.45) is 4.98. The van der Waals surface area contributed by atoms with Gasteiger partial charge in [0, 0.05) is 24.8 Å². The van der Waals surface area contributed by atoms with Gasteiger partial charge in [-0.2, -0.15) is 0 Å². The summed E-state index contributed by atoms with van der Waals surface area (Å²) in [5.41, 5.74) is 1.46. The number of ether oxygens (including phenoxy) is 1. The number of nitrogens with zero attached hydrogens (tertiary/aromatic N) is 3. The van der Waals surface area contributed by atoms with E-state index in [0.29, 0.717) is 24.3 Å². The predicted octanol–water partition coefficient (Wildman–Crippen LogP) is 2.70. The molecule has 1 aliphatic heterocycles. The minimum Gasteiger partial charge on any atom is -0.443 e. The van der Waals surface area contributed by atoms with Crippen molar-refractivity contribution < 1.29 is 14.3 Å². The van der Waals surface area contributed by atoms with Gasteiger partial charge in [-0.3, -0.25) is 9.78 Å². The van der Waals surface area contributed by atoms with Gasteiger partial charge in [0.2, 0.25) is 6.10 Å². The Kier molecular flexibility index (Phi) is 5.38. The molecule has 2 aromatic rings. The molecule has 6 heteroatoms. The van der Waals surface area contributed by atoms with Gasteiger partial charge in [-0.05, 0) is 26.2 Å². The van der Waals surface area contributed by atoms with E-state index in [0.717, 1.165) is 19.3 Å². The van der Waals surface area contributed by atoms with E-state index in [4.69, 9.17) is 4.74 Å². The van der Waals surface area contributed by atoms with Crippen molar-refractivity contribution in [3.63, 3.8) is 0 Å². The second kappa shape index (κ2) is 7.88. The Bertz CT molecular complexity index is 725. The summed E-state index contributed by atoms with van der Waals surface area (Å²) >= 11 is 0. The van der Waals surface area contributed by atoms with E-state index in [2.05, 4.69) is 9.97 Å². The van der Waals surface area contributed by atoms with Gasteiger partial charge < -0.3 is 9.64 Å². The third-order valence-electron chi connectivity index (χ3n) is 4.21. The Hall–Kier alpha value is -2.76. The first kappa shape index (κ1) is 17.1. The third kappa shape index (κ3) is 4.21. The van der Waals surface area contributed by atoms with Crippen LogP contribution >= 0.6 is 0 Å². The monoisotopic (exact) mass is 339 g/mol. The maximum Gasteiger partial charge on any atom is 0.359 e. The molecule has 130 valence electrons. The van der Waals surface area contributed by atoms with E-state index in [1.165, 1.54) is 12.4 Å². The van der Waals surface area contributed by atoms with Crippen LogP contribution in [0.3, 0.4) is 0 Å². The normalized spacial score (nSPS) is 15.5. The SMILES string of the molecule is Cc1cnc(C(=O)O[C@@H](C(=O)N2CCCCC2)c2ccccc2)cn1. The average Bonchev–Trinajstić information content (AvgIpc) is 2.67. The average molecular weight is 339 g/mol. The maximum absolute atomic E-state index is 12.9. The van der Waals surface area contributed by atoms with Gasteiger partial charge in [0.25, 0.3) is 5.91 Å². The fourth-order valence-electron chi connectivity index (χ4n) is 2.83. The number of rotatable bonds is 4. The number of likely N-dealkylation sites (tertiary alicyclic amines) is 1. The Morgan fingerprint density at radius 1 is 1.04 bits per heavy atom. The number of aromatic nitrogens is 2. The van der Waals surface area contributed by atoms with Gasteiger partial charge >= 0.3 is 5.97 Å². The lowest BCUT2D eigenvalue weighted by atomic mass is 10.1. The fraction of sp³-hybridized carbons (Fsp3) is 0.368. The number of amides is 1. The van der Waals surface area contributed by atoms with Crippen molar-refractivity contribution in [1.82, 2.24) is 14.9 Å².